The highest BCUT2D eigenvalue weighted by atomic mass is 35.5. The molecule has 0 aliphatic heterocycles. The van der Waals surface area contributed by atoms with Crippen molar-refractivity contribution in [1.29, 1.82) is 0 Å². The van der Waals surface area contributed by atoms with Gasteiger partial charge in [-0.25, -0.2) is 27.2 Å². The van der Waals surface area contributed by atoms with Gasteiger partial charge in [-0.15, -0.1) is 0 Å². The molecule has 0 saturated carbocycles. The lowest BCUT2D eigenvalue weighted by molar-refractivity contribution is -0.142. The number of benzene rings is 2. The van der Waals surface area contributed by atoms with Gasteiger partial charge in [-0.3, -0.25) is 28.2 Å². The minimum Gasteiger partial charge on any atom is -0.344 e. The number of aromatic nitrogens is 7. The summed E-state index contributed by atoms with van der Waals surface area (Å²) in [6, 6.07) is 7.06. The molecule has 0 saturated heterocycles. The van der Waals surface area contributed by atoms with E-state index in [-0.39, 0.29) is 74.0 Å². The Morgan fingerprint density at radius 3 is 2.54 bits per heavy atom. The Hall–Kier alpha value is -5.69. The van der Waals surface area contributed by atoms with Crippen LogP contribution in [0.3, 0.4) is 0 Å². The van der Waals surface area contributed by atoms with Gasteiger partial charge in [-0.2, -0.15) is 23.4 Å². The summed E-state index contributed by atoms with van der Waals surface area (Å²) in [6.07, 6.45) is 0.580. The number of sulfonamides is 1. The van der Waals surface area contributed by atoms with E-state index < -0.39 is 57.6 Å². The average Bonchev–Trinajstić information content (AvgIpc) is 3.61. The number of alkyl halides is 3. The monoisotopic (exact) mass is 787 g/mol. The molecule has 2 N–H and O–H groups in total. The lowest BCUT2D eigenvalue weighted by atomic mass is 10.0. The molecule has 4 heterocycles. The number of halogens is 6. The summed E-state index contributed by atoms with van der Waals surface area (Å²) < 4.78 is 101. The van der Waals surface area contributed by atoms with Gasteiger partial charge in [0.15, 0.2) is 17.2 Å². The average molecular weight is 788 g/mol. The molecule has 0 fully saturated rings. The number of hydrogen-bond donors (Lipinski definition) is 2. The van der Waals surface area contributed by atoms with Crippen LogP contribution >= 0.6 is 11.6 Å². The van der Waals surface area contributed by atoms with Crippen LogP contribution in [0.5, 0.6) is 0 Å². The third-order valence-corrected chi connectivity index (χ3v) is 9.49. The number of carbonyl (C=O) groups excluding carboxylic acids is 1. The predicted molar refractivity (Wildman–Crippen MR) is 188 cm³/mol. The number of fused-ring (bicyclic) bond motifs is 3. The maximum atomic E-state index is 14.5. The second-order valence-corrected chi connectivity index (χ2v) is 14.7. The normalized spacial score (nSPS) is 13.7. The fourth-order valence-corrected chi connectivity index (χ4v) is 7.28. The van der Waals surface area contributed by atoms with Crippen molar-refractivity contribution in [1.82, 2.24) is 39.4 Å². The van der Waals surface area contributed by atoms with Gasteiger partial charge in [0.2, 0.25) is 15.9 Å². The van der Waals surface area contributed by atoms with E-state index in [1.165, 1.54) is 48.3 Å². The quantitative estimate of drug-likeness (QED) is 0.188. The molecular weight excluding hydrogens is 761 g/mol. The molecule has 0 unspecified atom stereocenters. The first-order valence-electron chi connectivity index (χ1n) is 16.1. The van der Waals surface area contributed by atoms with Gasteiger partial charge >= 0.3 is 6.18 Å². The summed E-state index contributed by atoms with van der Waals surface area (Å²) in [6.45, 7) is -0.691. The van der Waals surface area contributed by atoms with E-state index in [9.17, 15) is 40.0 Å². The van der Waals surface area contributed by atoms with Crippen molar-refractivity contribution in [3.63, 3.8) is 0 Å². The largest absolute Gasteiger partial charge is 0.435 e. The standard InChI is InChI=1S/C34H27ClF5N9O4S/c1-47-28-25(10-9-22(35)27(28)31(45-47)46-54(2,52)53)49-32(43-30-21(33(49)51)7-5-11-41-30)23(14-17-12-18(36)15-19(37)13-17)42-26(50)16-48-24-8-4-3-6-20(24)29(44-48)34(38,39)40/h3,5-7,9-13,15,23H,4,8,14,16H2,1-2H3,(H,42,50)(H,45,46)/t23-/m0/s1. The third kappa shape index (κ3) is 7.03. The SMILES string of the molecule is Cn1nc(NS(C)(=O)=O)c2c(Cl)ccc(-n3c([C@H](Cc4cc(F)cc(F)c4)NC(=O)Cn4nc(C(F)(F)F)c5c4CCC=C5)nc4ncccc4c3=O)c21. The fraction of sp³-hybridized carbons (Fsp3) is 0.235. The number of rotatable bonds is 9. The van der Waals surface area contributed by atoms with Crippen molar-refractivity contribution in [3.05, 3.63) is 110 Å². The molecule has 20 heteroatoms. The van der Waals surface area contributed by atoms with Crippen LogP contribution in [0.15, 0.2) is 59.5 Å². The van der Waals surface area contributed by atoms with Crippen LogP contribution in [0.2, 0.25) is 5.02 Å². The maximum absolute atomic E-state index is 14.5. The van der Waals surface area contributed by atoms with Crippen molar-refractivity contribution in [2.45, 2.75) is 38.0 Å². The van der Waals surface area contributed by atoms with E-state index in [2.05, 4.69) is 30.2 Å². The minimum absolute atomic E-state index is 0.0267. The van der Waals surface area contributed by atoms with Gasteiger partial charge in [-0.05, 0) is 54.8 Å². The van der Waals surface area contributed by atoms with Gasteiger partial charge in [0, 0.05) is 37.0 Å². The van der Waals surface area contributed by atoms with E-state index in [0.717, 1.165) is 27.6 Å². The molecule has 4 aromatic heterocycles. The smallest absolute Gasteiger partial charge is 0.344 e. The first-order valence-corrected chi connectivity index (χ1v) is 18.3. The highest BCUT2D eigenvalue weighted by Gasteiger charge is 2.39. The molecule has 54 heavy (non-hydrogen) atoms. The molecule has 0 radical (unpaired) electrons. The fourth-order valence-electron chi connectivity index (χ4n) is 6.55. The van der Waals surface area contributed by atoms with E-state index in [1.807, 2.05) is 0 Å². The molecule has 7 rings (SSSR count). The van der Waals surface area contributed by atoms with Crippen LogP contribution in [0, 0.1) is 11.6 Å². The molecule has 1 aliphatic rings. The number of carbonyl (C=O) groups is 1. The Morgan fingerprint density at radius 1 is 1.09 bits per heavy atom. The van der Waals surface area contributed by atoms with Crippen LogP contribution in [-0.4, -0.2) is 54.7 Å². The highest BCUT2D eigenvalue weighted by molar-refractivity contribution is 7.92. The number of nitrogens with one attached hydrogen (secondary N) is 2. The van der Waals surface area contributed by atoms with Crippen molar-refractivity contribution in [2.24, 2.45) is 7.05 Å². The number of anilines is 1. The van der Waals surface area contributed by atoms with E-state index >= 15 is 0 Å². The summed E-state index contributed by atoms with van der Waals surface area (Å²) in [5, 5.41) is 10.9. The van der Waals surface area contributed by atoms with Crippen molar-refractivity contribution >= 4 is 61.4 Å². The molecule has 0 bridgehead atoms. The zero-order valence-electron chi connectivity index (χ0n) is 28.1. The first-order chi connectivity index (χ1) is 25.5. The second kappa shape index (κ2) is 13.6. The number of pyridine rings is 1. The van der Waals surface area contributed by atoms with Crippen molar-refractivity contribution in [2.75, 3.05) is 11.0 Å². The van der Waals surface area contributed by atoms with Crippen molar-refractivity contribution in [3.8, 4) is 5.69 Å². The number of amides is 1. The number of hydrogen-bond acceptors (Lipinski definition) is 8. The predicted octanol–water partition coefficient (Wildman–Crippen LogP) is 5.25. The molecule has 0 spiro atoms. The van der Waals surface area contributed by atoms with Crippen LogP contribution < -0.4 is 15.6 Å². The summed E-state index contributed by atoms with van der Waals surface area (Å²) in [7, 11) is -2.38. The Bertz CT molecular complexity index is 2690. The molecule has 1 amide bonds. The van der Waals surface area contributed by atoms with E-state index in [1.54, 1.807) is 6.08 Å². The summed E-state index contributed by atoms with van der Waals surface area (Å²) in [4.78, 5) is 37.2. The Kier molecular flexibility index (Phi) is 9.25. The minimum atomic E-state index is -4.80. The Morgan fingerprint density at radius 2 is 1.83 bits per heavy atom. The number of allylic oxidation sites excluding steroid dienone is 1. The van der Waals surface area contributed by atoms with E-state index in [4.69, 9.17) is 11.6 Å². The zero-order valence-corrected chi connectivity index (χ0v) is 29.7. The molecule has 2 aromatic carbocycles. The summed E-state index contributed by atoms with van der Waals surface area (Å²) >= 11 is 6.55. The summed E-state index contributed by atoms with van der Waals surface area (Å²) in [5.41, 5.74) is -1.65. The van der Waals surface area contributed by atoms with Gasteiger partial charge < -0.3 is 5.32 Å². The van der Waals surface area contributed by atoms with Crippen LogP contribution in [0.1, 0.15) is 40.8 Å². The van der Waals surface area contributed by atoms with Gasteiger partial charge in [0.05, 0.1) is 39.3 Å². The Labute approximate surface area is 307 Å². The van der Waals surface area contributed by atoms with Crippen LogP contribution in [-0.2, 0) is 47.4 Å². The molecule has 1 atom stereocenters. The lowest BCUT2D eigenvalue weighted by Crippen LogP contribution is -2.38. The molecule has 13 nitrogen and oxygen atoms in total. The number of nitrogens with zero attached hydrogens (tertiary/aromatic N) is 7. The van der Waals surface area contributed by atoms with Gasteiger partial charge in [0.1, 0.15) is 24.0 Å². The second-order valence-electron chi connectivity index (χ2n) is 12.5. The highest BCUT2D eigenvalue weighted by Crippen LogP contribution is 2.37. The lowest BCUT2D eigenvalue weighted by Gasteiger charge is -2.24. The zero-order chi connectivity index (χ0) is 38.7. The molecule has 1 aliphatic carbocycles. The topological polar surface area (TPSA) is 159 Å². The maximum Gasteiger partial charge on any atom is 0.435 e. The van der Waals surface area contributed by atoms with Crippen LogP contribution in [0.25, 0.3) is 33.7 Å². The third-order valence-electron chi connectivity index (χ3n) is 8.61. The molecule has 280 valence electrons. The van der Waals surface area contributed by atoms with Gasteiger partial charge in [-0.1, -0.05) is 23.8 Å². The molecular formula is C34H27ClF5N9O4S. The van der Waals surface area contributed by atoms with Gasteiger partial charge in [0.25, 0.3) is 5.56 Å². The number of aryl methyl sites for hydroxylation is 1. The van der Waals surface area contributed by atoms with Crippen LogP contribution in [0.4, 0.5) is 27.8 Å². The first kappa shape index (κ1) is 36.7. The summed E-state index contributed by atoms with van der Waals surface area (Å²) in [5.74, 6) is -3.09. The molecule has 6 aromatic rings. The van der Waals surface area contributed by atoms with Crippen molar-refractivity contribution < 1.29 is 35.2 Å². The van der Waals surface area contributed by atoms with E-state index in [0.29, 0.717) is 12.5 Å². The Balaban J connectivity index is 1.42.